The van der Waals surface area contributed by atoms with Crippen molar-refractivity contribution in [3.63, 3.8) is 0 Å². The highest BCUT2D eigenvalue weighted by Gasteiger charge is 2.51. The number of carbonyl (C=O) groups is 1. The molecule has 2 aliphatic rings. The number of hydrogen-bond donors (Lipinski definition) is 1. The summed E-state index contributed by atoms with van der Waals surface area (Å²) in [5.41, 5.74) is -0.529. The fraction of sp³-hybridized carbons (Fsp3) is 0.875. The monoisotopic (exact) mass is 140 g/mol. The minimum Gasteiger partial charge on any atom is -0.390 e. The molecular formula is C8H12O2. The van der Waals surface area contributed by atoms with Crippen LogP contribution in [0.25, 0.3) is 0 Å². The first-order valence-electron chi connectivity index (χ1n) is 3.85. The maximum Gasteiger partial charge on any atom is 0.136 e. The number of rotatable bonds is 0. The Balaban J connectivity index is 2.24. The van der Waals surface area contributed by atoms with Gasteiger partial charge in [0.15, 0.2) is 0 Å². The van der Waals surface area contributed by atoms with Gasteiger partial charge in [0, 0.05) is 12.3 Å². The molecule has 0 aromatic carbocycles. The van der Waals surface area contributed by atoms with Gasteiger partial charge in [-0.1, -0.05) is 0 Å². The molecule has 0 aromatic rings. The van der Waals surface area contributed by atoms with Gasteiger partial charge in [-0.2, -0.15) is 0 Å². The Labute approximate surface area is 60.2 Å². The summed E-state index contributed by atoms with van der Waals surface area (Å²) in [7, 11) is 0. The van der Waals surface area contributed by atoms with Gasteiger partial charge in [-0.3, -0.25) is 4.79 Å². The molecule has 1 N–H and O–H groups in total. The molecule has 0 heterocycles. The third-order valence-electron chi connectivity index (χ3n) is 3.01. The summed E-state index contributed by atoms with van der Waals surface area (Å²) in [4.78, 5) is 11.0. The van der Waals surface area contributed by atoms with Gasteiger partial charge in [0.2, 0.25) is 0 Å². The Morgan fingerprint density at radius 3 is 2.70 bits per heavy atom. The van der Waals surface area contributed by atoms with Crippen LogP contribution < -0.4 is 0 Å². The molecule has 0 radical (unpaired) electrons. The fourth-order valence-electron chi connectivity index (χ4n) is 2.30. The van der Waals surface area contributed by atoms with Crippen molar-refractivity contribution in [1.29, 1.82) is 0 Å². The average Bonchev–Trinajstić information content (AvgIpc) is 2.21. The van der Waals surface area contributed by atoms with Crippen molar-refractivity contribution in [2.75, 3.05) is 0 Å². The van der Waals surface area contributed by atoms with Gasteiger partial charge in [0.25, 0.3) is 0 Å². The zero-order valence-electron chi connectivity index (χ0n) is 6.13. The van der Waals surface area contributed by atoms with E-state index in [2.05, 4.69) is 0 Å². The second-order valence-electron chi connectivity index (χ2n) is 3.86. The van der Waals surface area contributed by atoms with Crippen LogP contribution in [-0.4, -0.2) is 16.5 Å². The van der Waals surface area contributed by atoms with Crippen molar-refractivity contribution in [3.8, 4) is 0 Å². The van der Waals surface area contributed by atoms with Crippen molar-refractivity contribution in [2.24, 2.45) is 11.8 Å². The molecule has 2 rings (SSSR count). The van der Waals surface area contributed by atoms with Crippen LogP contribution in [0.3, 0.4) is 0 Å². The van der Waals surface area contributed by atoms with E-state index < -0.39 is 5.60 Å². The van der Waals surface area contributed by atoms with E-state index in [9.17, 15) is 9.90 Å². The highest BCUT2D eigenvalue weighted by Crippen LogP contribution is 2.48. The first kappa shape index (κ1) is 6.35. The van der Waals surface area contributed by atoms with E-state index in [0.717, 1.165) is 6.42 Å². The summed E-state index contributed by atoms with van der Waals surface area (Å²) in [5, 5.41) is 9.65. The lowest BCUT2D eigenvalue weighted by molar-refractivity contribution is -0.125. The Bertz CT molecular complexity index is 184. The van der Waals surface area contributed by atoms with E-state index in [0.29, 0.717) is 18.6 Å². The van der Waals surface area contributed by atoms with Crippen LogP contribution in [0.2, 0.25) is 0 Å². The van der Waals surface area contributed by atoms with E-state index in [1.54, 1.807) is 0 Å². The highest BCUT2D eigenvalue weighted by molar-refractivity contribution is 5.84. The molecular weight excluding hydrogens is 128 g/mol. The van der Waals surface area contributed by atoms with Crippen molar-refractivity contribution in [1.82, 2.24) is 0 Å². The van der Waals surface area contributed by atoms with Crippen molar-refractivity contribution in [3.05, 3.63) is 0 Å². The summed E-state index contributed by atoms with van der Waals surface area (Å²) in [6.45, 7) is 1.85. The largest absolute Gasteiger partial charge is 0.390 e. The number of carbonyl (C=O) groups excluding carboxylic acids is 1. The van der Waals surface area contributed by atoms with Gasteiger partial charge < -0.3 is 5.11 Å². The SMILES string of the molecule is C[C@@]1(O)C[C@@H]2C[C@H]1CC2=O. The van der Waals surface area contributed by atoms with Crippen LogP contribution in [0.15, 0.2) is 0 Å². The maximum atomic E-state index is 11.0. The van der Waals surface area contributed by atoms with E-state index in [1.807, 2.05) is 6.92 Å². The lowest BCUT2D eigenvalue weighted by Gasteiger charge is -2.26. The zero-order valence-corrected chi connectivity index (χ0v) is 6.13. The summed E-state index contributed by atoms with van der Waals surface area (Å²) in [5.74, 6) is 0.835. The van der Waals surface area contributed by atoms with Crippen LogP contribution in [0, 0.1) is 11.8 Å². The van der Waals surface area contributed by atoms with Crippen LogP contribution in [0.1, 0.15) is 26.2 Å². The molecule has 2 bridgehead atoms. The first-order chi connectivity index (χ1) is 4.59. The van der Waals surface area contributed by atoms with Crippen LogP contribution in [0.4, 0.5) is 0 Å². The van der Waals surface area contributed by atoms with Gasteiger partial charge in [-0.15, -0.1) is 0 Å². The predicted molar refractivity (Wildman–Crippen MR) is 36.5 cm³/mol. The Kier molecular flexibility index (Phi) is 1.03. The zero-order chi connectivity index (χ0) is 7.35. The molecule has 0 aromatic heterocycles. The van der Waals surface area contributed by atoms with E-state index >= 15 is 0 Å². The van der Waals surface area contributed by atoms with E-state index in [1.165, 1.54) is 0 Å². The molecule has 0 amide bonds. The van der Waals surface area contributed by atoms with Gasteiger partial charge in [-0.25, -0.2) is 0 Å². The molecule has 3 atom stereocenters. The normalized spacial score (nSPS) is 52.4. The minimum absolute atomic E-state index is 0.194. The number of ketones is 1. The highest BCUT2D eigenvalue weighted by atomic mass is 16.3. The number of Topliss-reactive ketones (excluding diaryl/α,β-unsaturated/α-hetero) is 1. The quantitative estimate of drug-likeness (QED) is 0.538. The van der Waals surface area contributed by atoms with Crippen LogP contribution in [0.5, 0.6) is 0 Å². The topological polar surface area (TPSA) is 37.3 Å². The van der Waals surface area contributed by atoms with Crippen LogP contribution >= 0.6 is 0 Å². The van der Waals surface area contributed by atoms with Crippen LogP contribution in [-0.2, 0) is 4.79 Å². The summed E-state index contributed by atoms with van der Waals surface area (Å²) in [6.07, 6.45) is 2.26. The fourth-order valence-corrected chi connectivity index (χ4v) is 2.30. The van der Waals surface area contributed by atoms with Gasteiger partial charge in [0.1, 0.15) is 5.78 Å². The smallest absolute Gasteiger partial charge is 0.136 e. The van der Waals surface area contributed by atoms with E-state index in [-0.39, 0.29) is 11.8 Å². The lowest BCUT2D eigenvalue weighted by Crippen LogP contribution is -2.33. The summed E-state index contributed by atoms with van der Waals surface area (Å²) < 4.78 is 0. The molecule has 0 saturated heterocycles. The van der Waals surface area contributed by atoms with E-state index in [4.69, 9.17) is 0 Å². The minimum atomic E-state index is -0.529. The maximum absolute atomic E-state index is 11.0. The summed E-state index contributed by atoms with van der Waals surface area (Å²) >= 11 is 0. The molecule has 56 valence electrons. The third kappa shape index (κ3) is 0.655. The molecule has 2 nitrogen and oxygen atoms in total. The standard InChI is InChI=1S/C8H12O2/c1-8(10)4-5-2-6(8)3-7(5)9/h5-6,10H,2-4H2,1H3/t5-,6-,8+/m0/s1. The Morgan fingerprint density at radius 1 is 1.70 bits per heavy atom. The molecule has 0 spiro atoms. The molecule has 2 saturated carbocycles. The molecule has 2 aliphatic carbocycles. The average molecular weight is 140 g/mol. The molecule has 10 heavy (non-hydrogen) atoms. The number of hydrogen-bond acceptors (Lipinski definition) is 2. The van der Waals surface area contributed by atoms with Gasteiger partial charge >= 0.3 is 0 Å². The second kappa shape index (κ2) is 1.62. The Hall–Kier alpha value is -0.370. The molecule has 2 fully saturated rings. The second-order valence-corrected chi connectivity index (χ2v) is 3.86. The molecule has 2 heteroatoms. The van der Waals surface area contributed by atoms with Gasteiger partial charge in [-0.05, 0) is 25.7 Å². The first-order valence-corrected chi connectivity index (χ1v) is 3.85. The summed E-state index contributed by atoms with van der Waals surface area (Å²) in [6, 6.07) is 0. The van der Waals surface area contributed by atoms with Gasteiger partial charge in [0.05, 0.1) is 5.60 Å². The van der Waals surface area contributed by atoms with Crippen molar-refractivity contribution in [2.45, 2.75) is 31.8 Å². The van der Waals surface area contributed by atoms with Crippen molar-refractivity contribution >= 4 is 5.78 Å². The Morgan fingerprint density at radius 2 is 2.40 bits per heavy atom. The lowest BCUT2D eigenvalue weighted by atomic mass is 9.85. The molecule has 0 aliphatic heterocycles. The number of fused-ring (bicyclic) bond motifs is 2. The number of aliphatic hydroxyl groups is 1. The molecule has 0 unspecified atom stereocenters. The predicted octanol–water partition coefficient (Wildman–Crippen LogP) is 0.736. The van der Waals surface area contributed by atoms with Crippen molar-refractivity contribution < 1.29 is 9.90 Å². The third-order valence-corrected chi connectivity index (χ3v) is 3.01.